The Morgan fingerprint density at radius 3 is 2.62 bits per heavy atom. The van der Waals surface area contributed by atoms with Crippen LogP contribution in [0.5, 0.6) is 17.2 Å². The number of phenols is 2. The van der Waals surface area contributed by atoms with Crippen molar-refractivity contribution in [2.45, 2.75) is 26.9 Å². The first kappa shape index (κ1) is 12.3. The van der Waals surface area contributed by atoms with Crippen molar-refractivity contribution >= 4 is 5.57 Å². The van der Waals surface area contributed by atoms with Crippen LogP contribution in [0.25, 0.3) is 16.7 Å². The first-order chi connectivity index (χ1) is 11.0. The molecule has 0 saturated carbocycles. The van der Waals surface area contributed by atoms with Gasteiger partial charge in [0.25, 0.3) is 1.43 Å². The minimum absolute atomic E-state index is 0.0467. The van der Waals surface area contributed by atoms with E-state index in [0.717, 1.165) is 12.1 Å². The molecule has 3 nitrogen and oxygen atoms in total. The monoisotopic (exact) mass is 286 g/mol. The lowest BCUT2D eigenvalue weighted by molar-refractivity contribution is 0.232. The van der Waals surface area contributed by atoms with Crippen molar-refractivity contribution in [1.82, 2.24) is 0 Å². The minimum atomic E-state index is -0.152. The zero-order chi connectivity index (χ0) is 17.0. The lowest BCUT2D eigenvalue weighted by atomic mass is 9.96. The molecule has 0 aliphatic heterocycles. The number of rotatable bonds is 5. The van der Waals surface area contributed by atoms with E-state index in [4.69, 9.17) is 12.6 Å². The molecule has 0 bridgehead atoms. The molecule has 2 aromatic rings. The van der Waals surface area contributed by atoms with Gasteiger partial charge in [0.05, 0.1) is 13.0 Å². The van der Waals surface area contributed by atoms with Gasteiger partial charge in [-0.15, -0.1) is 0 Å². The predicted octanol–water partition coefficient (Wildman–Crippen LogP) is 4.59. The van der Waals surface area contributed by atoms with Gasteiger partial charge < -0.3 is 15.0 Å². The molecule has 0 aliphatic carbocycles. The SMILES string of the molecule is [2H]C=C(C)c1cc(O)c(OC(C)C)c(-c2ccccc2)c1O[2H]. The van der Waals surface area contributed by atoms with Gasteiger partial charge in [0.2, 0.25) is 0 Å². The van der Waals surface area contributed by atoms with Crippen LogP contribution in [0.2, 0.25) is 0 Å². The van der Waals surface area contributed by atoms with E-state index in [2.05, 4.69) is 0 Å². The number of benzene rings is 2. The second kappa shape index (κ2) is 5.92. The van der Waals surface area contributed by atoms with Crippen LogP contribution in [-0.2, 0) is 0 Å². The number of phenolic OH excluding ortho intramolecular Hbond substituents is 2. The lowest BCUT2D eigenvalue weighted by Crippen LogP contribution is -2.07. The lowest BCUT2D eigenvalue weighted by Gasteiger charge is -2.19. The smallest absolute Gasteiger partial charge is 0.293 e. The minimum Gasteiger partial charge on any atom is -0.507 e. The molecule has 2 aromatic carbocycles. The molecule has 0 spiro atoms. The van der Waals surface area contributed by atoms with Crippen LogP contribution in [0.15, 0.2) is 43.0 Å². The summed E-state index contributed by atoms with van der Waals surface area (Å²) in [6, 6.07) is 10.8. The Labute approximate surface area is 128 Å². The summed E-state index contributed by atoms with van der Waals surface area (Å²) >= 11 is 0. The molecule has 2 N–H and O–H groups in total. The zero-order valence-electron chi connectivity index (χ0n) is 14.4. The van der Waals surface area contributed by atoms with Crippen molar-refractivity contribution < 1.29 is 16.3 Å². The molecule has 0 saturated heterocycles. The van der Waals surface area contributed by atoms with Gasteiger partial charge in [0.15, 0.2) is 11.5 Å². The number of aromatic hydroxyl groups is 2. The van der Waals surface area contributed by atoms with Crippen LogP contribution in [0, 0.1) is 0 Å². The van der Waals surface area contributed by atoms with Crippen LogP contribution in [-0.4, -0.2) is 17.8 Å². The van der Waals surface area contributed by atoms with Gasteiger partial charge in [0.1, 0.15) is 5.75 Å². The quantitative estimate of drug-likeness (QED) is 0.791. The highest BCUT2D eigenvalue weighted by molar-refractivity contribution is 5.86. The first-order valence-corrected chi connectivity index (χ1v) is 6.80. The van der Waals surface area contributed by atoms with Crippen molar-refractivity contribution in [3.63, 3.8) is 0 Å². The Kier molecular flexibility index (Phi) is 3.47. The second-order valence-electron chi connectivity index (χ2n) is 5.19. The number of hydrogen-bond donors (Lipinski definition) is 2. The summed E-state index contributed by atoms with van der Waals surface area (Å²) in [5.74, 6) is 0.482. The molecule has 0 aromatic heterocycles. The van der Waals surface area contributed by atoms with Crippen LogP contribution in [0.1, 0.15) is 27.7 Å². The van der Waals surface area contributed by atoms with Gasteiger partial charge in [-0.05, 0) is 38.0 Å². The van der Waals surface area contributed by atoms with Crippen molar-refractivity contribution in [3.05, 3.63) is 48.5 Å². The van der Waals surface area contributed by atoms with Gasteiger partial charge in [-0.1, -0.05) is 36.9 Å². The van der Waals surface area contributed by atoms with Crippen LogP contribution >= 0.6 is 0 Å². The van der Waals surface area contributed by atoms with Gasteiger partial charge in [-0.3, -0.25) is 0 Å². The van der Waals surface area contributed by atoms with Crippen LogP contribution in [0.4, 0.5) is 0 Å². The molecule has 110 valence electrons. The average Bonchev–Trinajstić information content (AvgIpc) is 2.55. The Hall–Kier alpha value is -2.42. The van der Waals surface area contributed by atoms with E-state index in [0.29, 0.717) is 16.7 Å². The summed E-state index contributed by atoms with van der Waals surface area (Å²) in [6.07, 6.45) is -0.152. The molecule has 0 heterocycles. The van der Waals surface area contributed by atoms with Crippen molar-refractivity contribution in [2.24, 2.45) is 0 Å². The van der Waals surface area contributed by atoms with E-state index < -0.39 is 0 Å². The fourth-order valence-electron chi connectivity index (χ4n) is 2.15. The maximum atomic E-state index is 10.4. The molecule has 3 heteroatoms. The molecule has 0 radical (unpaired) electrons. The van der Waals surface area contributed by atoms with E-state index in [-0.39, 0.29) is 23.4 Å². The van der Waals surface area contributed by atoms with E-state index in [1.54, 1.807) is 6.92 Å². The van der Waals surface area contributed by atoms with Crippen LogP contribution in [0.3, 0.4) is 0 Å². The molecule has 0 amide bonds. The standard InChI is InChI=1S/C18H20O3/c1-11(2)14-10-15(19)18(21-12(3)4)16(17(14)20)13-8-6-5-7-9-13/h5-10,12,19-20H,1H2,2-4H3/i1D/hD. The van der Waals surface area contributed by atoms with E-state index >= 15 is 0 Å². The molecular weight excluding hydrogens is 264 g/mol. The van der Waals surface area contributed by atoms with E-state index in [9.17, 15) is 5.11 Å². The van der Waals surface area contributed by atoms with Crippen molar-refractivity contribution in [3.8, 4) is 28.4 Å². The predicted molar refractivity (Wildman–Crippen MR) is 85.7 cm³/mol. The summed E-state index contributed by atoms with van der Waals surface area (Å²) in [7, 11) is 0. The van der Waals surface area contributed by atoms with Gasteiger partial charge >= 0.3 is 0 Å². The Balaban J connectivity index is 2.83. The van der Waals surface area contributed by atoms with E-state index in [1.807, 2.05) is 44.2 Å². The normalized spacial score (nSPS) is 12.9. The fraction of sp³-hybridized carbons (Fsp3) is 0.222. The Bertz CT molecular complexity index is 710. The number of allylic oxidation sites excluding steroid dienone is 1. The van der Waals surface area contributed by atoms with Crippen LogP contribution < -0.4 is 4.74 Å². The fourth-order valence-corrected chi connectivity index (χ4v) is 2.15. The van der Waals surface area contributed by atoms with Crippen molar-refractivity contribution in [2.75, 3.05) is 0 Å². The molecular formula is C18H20O3. The molecule has 21 heavy (non-hydrogen) atoms. The Morgan fingerprint density at radius 2 is 2.05 bits per heavy atom. The van der Waals surface area contributed by atoms with Gasteiger partial charge in [0, 0.05) is 5.56 Å². The maximum absolute atomic E-state index is 10.4. The maximum Gasteiger partial charge on any atom is 0.293 e. The van der Waals surface area contributed by atoms with Crippen molar-refractivity contribution in [1.29, 1.82) is 1.43 Å². The van der Waals surface area contributed by atoms with E-state index in [1.165, 1.54) is 6.07 Å². The average molecular weight is 286 g/mol. The third-order valence-corrected chi connectivity index (χ3v) is 3.05. The highest BCUT2D eigenvalue weighted by Gasteiger charge is 2.21. The van der Waals surface area contributed by atoms with Gasteiger partial charge in [-0.2, -0.15) is 0 Å². The highest BCUT2D eigenvalue weighted by atomic mass is 16.5. The third-order valence-electron chi connectivity index (χ3n) is 3.05. The Morgan fingerprint density at radius 1 is 1.33 bits per heavy atom. The first-order valence-electron chi connectivity index (χ1n) is 7.78. The molecule has 2 rings (SSSR count). The molecule has 0 fully saturated rings. The topological polar surface area (TPSA) is 49.7 Å². The number of hydrogen-bond acceptors (Lipinski definition) is 3. The summed E-state index contributed by atoms with van der Waals surface area (Å²) in [6.45, 7) is 6.60. The highest BCUT2D eigenvalue weighted by Crippen LogP contribution is 2.47. The summed E-state index contributed by atoms with van der Waals surface area (Å²) in [4.78, 5) is 0. The largest absolute Gasteiger partial charge is 0.507 e. The molecule has 0 atom stereocenters. The summed E-state index contributed by atoms with van der Waals surface area (Å²) in [5.41, 5.74) is 2.34. The second-order valence-corrected chi connectivity index (χ2v) is 5.19. The van der Waals surface area contributed by atoms with Gasteiger partial charge in [-0.25, -0.2) is 0 Å². The molecule has 0 unspecified atom stereocenters. The summed E-state index contributed by atoms with van der Waals surface area (Å²) in [5, 5.41) is 15.3. The number of ether oxygens (including phenoxy) is 1. The third kappa shape index (κ3) is 3.02. The summed E-state index contributed by atoms with van der Waals surface area (Å²) < 4.78 is 20.7. The molecule has 0 aliphatic rings. The zero-order valence-corrected chi connectivity index (χ0v) is 12.4.